The first-order valence-electron chi connectivity index (χ1n) is 5.66. The van der Waals surface area contributed by atoms with Crippen LogP contribution in [-0.4, -0.2) is 7.28 Å². The molecule has 0 amide bonds. The highest BCUT2D eigenvalue weighted by atomic mass is 14.3. The smallest absolute Gasteiger partial charge is 0.0872 e. The van der Waals surface area contributed by atoms with Crippen molar-refractivity contribution in [2.45, 2.75) is 19.2 Å². The van der Waals surface area contributed by atoms with E-state index in [1.54, 1.807) is 5.56 Å². The summed E-state index contributed by atoms with van der Waals surface area (Å²) in [5, 5.41) is 0. The van der Waals surface area contributed by atoms with E-state index in [9.17, 15) is 0 Å². The van der Waals surface area contributed by atoms with Gasteiger partial charge in [-0.15, -0.1) is 0 Å². The van der Waals surface area contributed by atoms with Crippen LogP contribution in [0.25, 0.3) is 0 Å². The molecule has 0 bridgehead atoms. The van der Waals surface area contributed by atoms with E-state index in [1.807, 2.05) is 0 Å². The Bertz CT molecular complexity index is 443. The standard InChI is InChI=1S/C14H14B/c1-15-13-8-4-6-11-9-10-5-2-3-7-12(10)14(11)13/h2-8,10,12H,9H2,1H3. The van der Waals surface area contributed by atoms with Gasteiger partial charge < -0.3 is 0 Å². The Kier molecular flexibility index (Phi) is 2.05. The molecule has 2 atom stereocenters. The highest BCUT2D eigenvalue weighted by Gasteiger charge is 2.31. The van der Waals surface area contributed by atoms with Crippen LogP contribution in [0.4, 0.5) is 0 Å². The normalized spacial score (nSPS) is 26.2. The average molecular weight is 193 g/mol. The molecule has 1 radical (unpaired) electrons. The summed E-state index contributed by atoms with van der Waals surface area (Å²) < 4.78 is 0. The molecule has 0 saturated carbocycles. The van der Waals surface area contributed by atoms with Gasteiger partial charge in [-0.3, -0.25) is 0 Å². The number of benzene rings is 1. The van der Waals surface area contributed by atoms with Gasteiger partial charge in [-0.1, -0.05) is 54.8 Å². The van der Waals surface area contributed by atoms with Crippen molar-refractivity contribution in [1.82, 2.24) is 0 Å². The first kappa shape index (κ1) is 9.02. The predicted molar refractivity (Wildman–Crippen MR) is 65.9 cm³/mol. The number of hydrogen-bond acceptors (Lipinski definition) is 0. The molecule has 0 aromatic heterocycles. The fourth-order valence-electron chi connectivity index (χ4n) is 2.88. The fraction of sp³-hybridized carbons (Fsp3) is 0.286. The highest BCUT2D eigenvalue weighted by Crippen LogP contribution is 2.40. The van der Waals surface area contributed by atoms with Crippen LogP contribution in [0.3, 0.4) is 0 Å². The maximum Gasteiger partial charge on any atom is 0.148 e. The zero-order chi connectivity index (χ0) is 10.3. The molecule has 1 aromatic rings. The largest absolute Gasteiger partial charge is 0.148 e. The minimum Gasteiger partial charge on any atom is -0.0872 e. The van der Waals surface area contributed by atoms with Crippen molar-refractivity contribution in [1.29, 1.82) is 0 Å². The average Bonchev–Trinajstić information content (AvgIpc) is 2.67. The predicted octanol–water partition coefficient (Wildman–Crippen LogP) is 2.45. The molecule has 0 aliphatic heterocycles. The molecular formula is C14H14B. The molecule has 15 heavy (non-hydrogen) atoms. The van der Waals surface area contributed by atoms with Gasteiger partial charge in [0.25, 0.3) is 0 Å². The lowest BCUT2D eigenvalue weighted by Gasteiger charge is -2.18. The van der Waals surface area contributed by atoms with Gasteiger partial charge in [-0.2, -0.15) is 0 Å². The van der Waals surface area contributed by atoms with Crippen LogP contribution in [0.5, 0.6) is 0 Å². The molecule has 0 spiro atoms. The first-order chi connectivity index (χ1) is 7.40. The molecule has 1 aromatic carbocycles. The molecule has 2 aliphatic carbocycles. The Morgan fingerprint density at radius 3 is 2.93 bits per heavy atom. The topological polar surface area (TPSA) is 0 Å². The van der Waals surface area contributed by atoms with E-state index in [2.05, 4.69) is 56.6 Å². The second-order valence-corrected chi connectivity index (χ2v) is 4.37. The third kappa shape index (κ3) is 1.30. The summed E-state index contributed by atoms with van der Waals surface area (Å²) in [4.78, 5) is 0. The molecule has 2 aliphatic rings. The lowest BCUT2D eigenvalue weighted by Crippen LogP contribution is -2.19. The van der Waals surface area contributed by atoms with Gasteiger partial charge in [0.15, 0.2) is 0 Å². The maximum atomic E-state index is 2.35. The number of hydrogen-bond donors (Lipinski definition) is 0. The van der Waals surface area contributed by atoms with Crippen LogP contribution < -0.4 is 5.46 Å². The number of rotatable bonds is 1. The zero-order valence-electron chi connectivity index (χ0n) is 8.98. The van der Waals surface area contributed by atoms with Gasteiger partial charge in [0.1, 0.15) is 7.28 Å². The lowest BCUT2D eigenvalue weighted by molar-refractivity contribution is 0.631. The minimum absolute atomic E-state index is 0.623. The first-order valence-corrected chi connectivity index (χ1v) is 5.66. The molecule has 0 N–H and O–H groups in total. The fourth-order valence-corrected chi connectivity index (χ4v) is 2.88. The van der Waals surface area contributed by atoms with Crippen LogP contribution in [0.15, 0.2) is 42.5 Å². The Morgan fingerprint density at radius 1 is 1.20 bits per heavy atom. The molecule has 2 unspecified atom stereocenters. The van der Waals surface area contributed by atoms with Gasteiger partial charge in [-0.05, 0) is 23.5 Å². The van der Waals surface area contributed by atoms with Crippen LogP contribution in [0, 0.1) is 5.92 Å². The SMILES string of the molecule is C[B]c1cccc2c1C1C=CC=CC1C2. The molecule has 0 heterocycles. The van der Waals surface area contributed by atoms with Gasteiger partial charge in [0.05, 0.1) is 0 Å². The van der Waals surface area contributed by atoms with Crippen molar-refractivity contribution in [2.24, 2.45) is 5.92 Å². The number of allylic oxidation sites excluding steroid dienone is 4. The van der Waals surface area contributed by atoms with Gasteiger partial charge >= 0.3 is 0 Å². The van der Waals surface area contributed by atoms with Crippen molar-refractivity contribution in [3.05, 3.63) is 53.6 Å². The maximum absolute atomic E-state index is 2.35. The minimum atomic E-state index is 0.623. The Morgan fingerprint density at radius 2 is 2.07 bits per heavy atom. The second kappa shape index (κ2) is 3.41. The van der Waals surface area contributed by atoms with E-state index in [0.717, 1.165) is 0 Å². The van der Waals surface area contributed by atoms with E-state index in [0.29, 0.717) is 11.8 Å². The van der Waals surface area contributed by atoms with E-state index in [1.165, 1.54) is 17.4 Å². The molecule has 0 nitrogen and oxygen atoms in total. The molecule has 1 heteroatoms. The summed E-state index contributed by atoms with van der Waals surface area (Å²) >= 11 is 0. The summed E-state index contributed by atoms with van der Waals surface area (Å²) in [6.07, 6.45) is 10.3. The molecule has 73 valence electrons. The summed E-state index contributed by atoms with van der Waals surface area (Å²) in [6, 6.07) is 6.69. The molecule has 3 rings (SSSR count). The van der Waals surface area contributed by atoms with E-state index >= 15 is 0 Å². The summed E-state index contributed by atoms with van der Waals surface area (Å²) in [7, 11) is 2.23. The third-order valence-electron chi connectivity index (χ3n) is 3.58. The Hall–Kier alpha value is -1.24. The lowest BCUT2D eigenvalue weighted by atomic mass is 9.68. The van der Waals surface area contributed by atoms with Gasteiger partial charge in [0.2, 0.25) is 0 Å². The van der Waals surface area contributed by atoms with Crippen LogP contribution >= 0.6 is 0 Å². The quantitative estimate of drug-likeness (QED) is 0.601. The molecule has 0 fully saturated rings. The van der Waals surface area contributed by atoms with Crippen molar-refractivity contribution < 1.29 is 0 Å². The van der Waals surface area contributed by atoms with Crippen molar-refractivity contribution in [3.63, 3.8) is 0 Å². The van der Waals surface area contributed by atoms with E-state index in [-0.39, 0.29) is 0 Å². The number of fused-ring (bicyclic) bond motifs is 3. The third-order valence-corrected chi connectivity index (χ3v) is 3.58. The van der Waals surface area contributed by atoms with Crippen LogP contribution in [0.2, 0.25) is 6.82 Å². The van der Waals surface area contributed by atoms with E-state index < -0.39 is 0 Å². The zero-order valence-corrected chi connectivity index (χ0v) is 8.98. The monoisotopic (exact) mass is 193 g/mol. The summed E-state index contributed by atoms with van der Waals surface area (Å²) in [5.74, 6) is 1.32. The molecular weight excluding hydrogens is 179 g/mol. The van der Waals surface area contributed by atoms with Gasteiger partial charge in [-0.25, -0.2) is 0 Å². The second-order valence-electron chi connectivity index (χ2n) is 4.37. The van der Waals surface area contributed by atoms with Gasteiger partial charge in [0, 0.05) is 5.92 Å². The van der Waals surface area contributed by atoms with Crippen molar-refractivity contribution in [2.75, 3.05) is 0 Å². The Balaban J connectivity index is 2.14. The van der Waals surface area contributed by atoms with Crippen LogP contribution in [0.1, 0.15) is 17.0 Å². The van der Waals surface area contributed by atoms with Crippen molar-refractivity contribution >= 4 is 12.7 Å². The summed E-state index contributed by atoms with van der Waals surface area (Å²) in [5.41, 5.74) is 4.52. The van der Waals surface area contributed by atoms with Crippen LogP contribution in [-0.2, 0) is 6.42 Å². The highest BCUT2D eigenvalue weighted by molar-refractivity contribution is 6.52. The molecule has 0 saturated heterocycles. The van der Waals surface area contributed by atoms with E-state index in [4.69, 9.17) is 0 Å². The summed E-state index contributed by atoms with van der Waals surface area (Å²) in [6.45, 7) is 2.13. The van der Waals surface area contributed by atoms with Crippen molar-refractivity contribution in [3.8, 4) is 0 Å². The Labute approximate surface area is 91.9 Å².